The first-order chi connectivity index (χ1) is 11.6. The Kier molecular flexibility index (Phi) is 5.62. The molecule has 1 aliphatic rings. The number of aliphatic hydroxyl groups excluding tert-OH is 2. The van der Waals surface area contributed by atoms with Gasteiger partial charge in [0.15, 0.2) is 0 Å². The molecule has 0 saturated carbocycles. The molecule has 0 fully saturated rings. The summed E-state index contributed by atoms with van der Waals surface area (Å²) >= 11 is 0. The molecule has 0 aliphatic carbocycles. The highest BCUT2D eigenvalue weighted by Crippen LogP contribution is 2.36. The number of anilines is 1. The number of para-hydroxylation sites is 1. The SMILES string of the molecule is CC1=NN(c2ccccc2)C(=O)C1C(C)(CO)S(=O)(=O)OCC(C)O. The molecule has 0 saturated heterocycles. The fraction of sp³-hybridized carbons (Fsp3) is 0.500. The molecule has 25 heavy (non-hydrogen) atoms. The summed E-state index contributed by atoms with van der Waals surface area (Å²) in [7, 11) is -4.36. The van der Waals surface area contributed by atoms with Crippen LogP contribution in [0.1, 0.15) is 20.8 Å². The molecule has 2 rings (SSSR count). The molecule has 0 spiro atoms. The number of benzene rings is 1. The number of rotatable bonds is 7. The van der Waals surface area contributed by atoms with Crippen molar-refractivity contribution in [1.29, 1.82) is 0 Å². The Hall–Kier alpha value is -1.81. The average Bonchev–Trinajstić information content (AvgIpc) is 2.88. The molecule has 3 atom stereocenters. The van der Waals surface area contributed by atoms with Gasteiger partial charge in [-0.3, -0.25) is 8.98 Å². The molecule has 1 heterocycles. The predicted molar refractivity (Wildman–Crippen MR) is 92.6 cm³/mol. The minimum atomic E-state index is -4.36. The maximum atomic E-state index is 12.8. The van der Waals surface area contributed by atoms with Crippen molar-refractivity contribution in [3.63, 3.8) is 0 Å². The molecule has 9 heteroatoms. The second-order valence-corrected chi connectivity index (χ2v) is 8.30. The van der Waals surface area contributed by atoms with E-state index in [1.807, 2.05) is 0 Å². The van der Waals surface area contributed by atoms with E-state index in [0.29, 0.717) is 5.69 Å². The molecule has 1 aromatic carbocycles. The zero-order valence-electron chi connectivity index (χ0n) is 14.3. The molecule has 2 N–H and O–H groups in total. The van der Waals surface area contributed by atoms with Crippen LogP contribution in [0, 0.1) is 5.92 Å². The summed E-state index contributed by atoms with van der Waals surface area (Å²) < 4.78 is 28.1. The minimum absolute atomic E-state index is 0.259. The van der Waals surface area contributed by atoms with E-state index in [1.165, 1.54) is 20.8 Å². The van der Waals surface area contributed by atoms with Gasteiger partial charge in [0.2, 0.25) is 0 Å². The molecule has 0 bridgehead atoms. The van der Waals surface area contributed by atoms with Crippen molar-refractivity contribution in [1.82, 2.24) is 0 Å². The lowest BCUT2D eigenvalue weighted by molar-refractivity contribution is -0.120. The van der Waals surface area contributed by atoms with Crippen LogP contribution in [0.25, 0.3) is 0 Å². The maximum absolute atomic E-state index is 12.8. The van der Waals surface area contributed by atoms with Gasteiger partial charge >= 0.3 is 0 Å². The van der Waals surface area contributed by atoms with Gasteiger partial charge in [-0.25, -0.2) is 5.01 Å². The average molecular weight is 370 g/mol. The molecule has 1 amide bonds. The number of hydrazone groups is 1. The van der Waals surface area contributed by atoms with Crippen molar-refractivity contribution in [2.45, 2.75) is 31.6 Å². The Morgan fingerprint density at radius 3 is 2.48 bits per heavy atom. The number of aliphatic hydroxyl groups is 2. The van der Waals surface area contributed by atoms with Gasteiger partial charge in [0.1, 0.15) is 10.7 Å². The quantitative estimate of drug-likeness (QED) is 0.675. The maximum Gasteiger partial charge on any atom is 0.276 e. The highest BCUT2D eigenvalue weighted by Gasteiger charge is 2.55. The largest absolute Gasteiger partial charge is 0.395 e. The van der Waals surface area contributed by atoms with Gasteiger partial charge in [0, 0.05) is 0 Å². The van der Waals surface area contributed by atoms with E-state index in [2.05, 4.69) is 5.10 Å². The van der Waals surface area contributed by atoms with E-state index in [0.717, 1.165) is 5.01 Å². The molecular weight excluding hydrogens is 348 g/mol. The third-order valence-electron chi connectivity index (χ3n) is 4.09. The summed E-state index contributed by atoms with van der Waals surface area (Å²) in [6, 6.07) is 8.59. The highest BCUT2D eigenvalue weighted by molar-refractivity contribution is 7.88. The van der Waals surface area contributed by atoms with Crippen LogP contribution in [0.15, 0.2) is 35.4 Å². The molecule has 8 nitrogen and oxygen atoms in total. The number of amides is 1. The molecule has 0 radical (unpaired) electrons. The number of hydrogen-bond donors (Lipinski definition) is 2. The van der Waals surface area contributed by atoms with Crippen molar-refractivity contribution >= 4 is 27.4 Å². The summed E-state index contributed by atoms with van der Waals surface area (Å²) in [5.74, 6) is -1.76. The smallest absolute Gasteiger partial charge is 0.276 e. The van der Waals surface area contributed by atoms with Crippen LogP contribution in [0.2, 0.25) is 0 Å². The summed E-state index contributed by atoms with van der Waals surface area (Å²) in [5.41, 5.74) is 0.756. The van der Waals surface area contributed by atoms with Gasteiger partial charge in [-0.05, 0) is 32.9 Å². The Morgan fingerprint density at radius 1 is 1.36 bits per heavy atom. The third-order valence-corrected chi connectivity index (χ3v) is 6.05. The molecule has 0 aromatic heterocycles. The van der Waals surface area contributed by atoms with Crippen LogP contribution in [0.3, 0.4) is 0 Å². The Morgan fingerprint density at radius 2 is 1.96 bits per heavy atom. The first kappa shape index (κ1) is 19.5. The second-order valence-electron chi connectivity index (χ2n) is 6.22. The van der Waals surface area contributed by atoms with E-state index in [4.69, 9.17) is 4.18 Å². The molecule has 3 unspecified atom stereocenters. The summed E-state index contributed by atoms with van der Waals surface area (Å²) in [6.07, 6.45) is -1.01. The Labute approximate surface area is 146 Å². The van der Waals surface area contributed by atoms with Crippen molar-refractivity contribution in [2.75, 3.05) is 18.2 Å². The van der Waals surface area contributed by atoms with Crippen molar-refractivity contribution < 1.29 is 27.6 Å². The summed E-state index contributed by atoms with van der Waals surface area (Å²) in [4.78, 5) is 12.8. The number of carbonyl (C=O) groups excluding carboxylic acids is 1. The number of nitrogens with zero attached hydrogens (tertiary/aromatic N) is 2. The van der Waals surface area contributed by atoms with Crippen LogP contribution in [0.4, 0.5) is 5.69 Å². The van der Waals surface area contributed by atoms with Crippen LogP contribution in [-0.4, -0.2) is 54.3 Å². The third kappa shape index (κ3) is 3.59. The zero-order chi connectivity index (χ0) is 18.8. The van der Waals surface area contributed by atoms with Crippen LogP contribution < -0.4 is 5.01 Å². The van der Waals surface area contributed by atoms with E-state index >= 15 is 0 Å². The fourth-order valence-corrected chi connectivity index (χ4v) is 4.02. The number of carbonyl (C=O) groups is 1. The van der Waals surface area contributed by atoms with E-state index in [9.17, 15) is 23.4 Å². The van der Waals surface area contributed by atoms with Crippen LogP contribution >= 0.6 is 0 Å². The van der Waals surface area contributed by atoms with Crippen molar-refractivity contribution in [3.05, 3.63) is 30.3 Å². The predicted octanol–water partition coefficient (Wildman–Crippen LogP) is 0.503. The van der Waals surface area contributed by atoms with Crippen molar-refractivity contribution in [3.8, 4) is 0 Å². The topological polar surface area (TPSA) is 116 Å². The number of hydrogen-bond acceptors (Lipinski definition) is 7. The van der Waals surface area contributed by atoms with E-state index < -0.39 is 46.0 Å². The van der Waals surface area contributed by atoms with Crippen molar-refractivity contribution in [2.24, 2.45) is 11.0 Å². The van der Waals surface area contributed by atoms with Gasteiger partial charge in [0.05, 0.1) is 30.7 Å². The Bertz CT molecular complexity index is 762. The minimum Gasteiger partial charge on any atom is -0.395 e. The fourth-order valence-electron chi connectivity index (χ4n) is 2.66. The monoisotopic (exact) mass is 370 g/mol. The summed E-state index contributed by atoms with van der Waals surface area (Å²) in [5, 5.41) is 24.3. The van der Waals surface area contributed by atoms with E-state index in [1.54, 1.807) is 30.3 Å². The highest BCUT2D eigenvalue weighted by atomic mass is 32.2. The lowest BCUT2D eigenvalue weighted by Gasteiger charge is -2.31. The van der Waals surface area contributed by atoms with Crippen LogP contribution in [0.5, 0.6) is 0 Å². The van der Waals surface area contributed by atoms with Gasteiger partial charge < -0.3 is 10.2 Å². The van der Waals surface area contributed by atoms with Gasteiger partial charge in [-0.2, -0.15) is 13.5 Å². The van der Waals surface area contributed by atoms with Crippen LogP contribution in [-0.2, 0) is 19.1 Å². The Balaban J connectivity index is 2.38. The lowest BCUT2D eigenvalue weighted by Crippen LogP contribution is -2.53. The summed E-state index contributed by atoms with van der Waals surface area (Å²) in [6.45, 7) is 2.85. The zero-order valence-corrected chi connectivity index (χ0v) is 15.1. The molecular formula is C16H22N2O6S. The second kappa shape index (κ2) is 7.20. The van der Waals surface area contributed by atoms with Gasteiger partial charge in [0.25, 0.3) is 16.0 Å². The molecule has 1 aromatic rings. The van der Waals surface area contributed by atoms with Gasteiger partial charge in [-0.15, -0.1) is 0 Å². The first-order valence-electron chi connectivity index (χ1n) is 7.76. The normalized spacial score (nSPS) is 21.8. The molecule has 138 valence electrons. The molecule has 1 aliphatic heterocycles. The first-order valence-corrected chi connectivity index (χ1v) is 9.17. The standard InChI is InChI=1S/C16H22N2O6S/c1-11(20)9-24-25(22,23)16(3,10-19)14-12(2)17-18(15(14)21)13-7-5-4-6-8-13/h4-8,11,14,19-20H,9-10H2,1-3H3. The lowest BCUT2D eigenvalue weighted by atomic mass is 9.89. The van der Waals surface area contributed by atoms with E-state index in [-0.39, 0.29) is 5.71 Å². The van der Waals surface area contributed by atoms with Gasteiger partial charge in [-0.1, -0.05) is 18.2 Å².